The van der Waals surface area contributed by atoms with E-state index in [1.807, 2.05) is 28.8 Å². The largest absolute Gasteiger partial charge is 0.462 e. The van der Waals surface area contributed by atoms with Crippen molar-refractivity contribution in [2.45, 2.75) is 52.0 Å². The van der Waals surface area contributed by atoms with Gasteiger partial charge in [-0.05, 0) is 56.7 Å². The van der Waals surface area contributed by atoms with Gasteiger partial charge < -0.3 is 19.8 Å². The number of carbonyl (C=O) groups is 2. The molecule has 0 fully saturated rings. The summed E-state index contributed by atoms with van der Waals surface area (Å²) in [6.07, 6.45) is 4.69. The van der Waals surface area contributed by atoms with E-state index in [0.29, 0.717) is 53.4 Å². The molecule has 1 aromatic carbocycles. The number of carbonyl (C=O) groups excluding carboxylic acids is 2. The van der Waals surface area contributed by atoms with Crippen molar-refractivity contribution in [3.63, 3.8) is 0 Å². The molecule has 188 valence electrons. The van der Waals surface area contributed by atoms with Crippen molar-refractivity contribution in [1.29, 1.82) is 0 Å². The maximum absolute atomic E-state index is 13.8. The number of nitrogens with zero attached hydrogens (tertiary/aromatic N) is 3. The fourth-order valence-corrected chi connectivity index (χ4v) is 6.39. The number of anilines is 1. The Morgan fingerprint density at radius 2 is 1.86 bits per heavy atom. The Labute approximate surface area is 213 Å². The summed E-state index contributed by atoms with van der Waals surface area (Å²) < 4.78 is 12.4. The van der Waals surface area contributed by atoms with Gasteiger partial charge in [-0.1, -0.05) is 12.1 Å². The minimum absolute atomic E-state index is 0.0711. The first kappa shape index (κ1) is 24.4. The number of fused-ring (bicyclic) bond motifs is 3. The number of rotatable bonds is 9. The molecule has 0 saturated heterocycles. The molecule has 36 heavy (non-hydrogen) atoms. The maximum atomic E-state index is 13.8. The van der Waals surface area contributed by atoms with Crippen LogP contribution in [-0.4, -0.2) is 46.6 Å². The van der Waals surface area contributed by atoms with Crippen molar-refractivity contribution in [2.24, 2.45) is 0 Å². The van der Waals surface area contributed by atoms with Crippen LogP contribution in [0.4, 0.5) is 5.82 Å². The number of benzene rings is 1. The second-order valence-electron chi connectivity index (χ2n) is 8.97. The zero-order chi connectivity index (χ0) is 25.2. The normalized spacial score (nSPS) is 13.3. The van der Waals surface area contributed by atoms with Gasteiger partial charge in [0.05, 0.1) is 28.8 Å². The molecule has 0 aliphatic heterocycles. The number of esters is 1. The number of hydrogen-bond acceptors (Lipinski definition) is 8. The molecule has 0 atom stereocenters. The van der Waals surface area contributed by atoms with Gasteiger partial charge in [-0.3, -0.25) is 4.79 Å². The summed E-state index contributed by atoms with van der Waals surface area (Å²) in [4.78, 5) is 38.3. The van der Waals surface area contributed by atoms with Crippen LogP contribution in [0.2, 0.25) is 0 Å². The van der Waals surface area contributed by atoms with Crippen molar-refractivity contribution in [3.8, 4) is 0 Å². The van der Waals surface area contributed by atoms with E-state index in [4.69, 9.17) is 25.2 Å². The zero-order valence-electron chi connectivity index (χ0n) is 20.6. The predicted octanol–water partition coefficient (Wildman–Crippen LogP) is 4.75. The highest BCUT2D eigenvalue weighted by Crippen LogP contribution is 2.37. The summed E-state index contributed by atoms with van der Waals surface area (Å²) in [5, 5.41) is 0. The van der Waals surface area contributed by atoms with E-state index in [9.17, 15) is 9.59 Å². The number of aromatic nitrogens is 3. The molecular weight excluding hydrogens is 476 g/mol. The standard InChI is InChI=1S/C27H30N4O4S/c1-3-35-27(33)22-16-9-4-7-12-20(16)36-21(22)15-19(32)23-24-26(31(25(23)28)13-8-14-34-2)30-18-11-6-5-10-17(18)29-24/h5-6,10-11H,3-4,7-9,12-15,28H2,1-2H3. The number of Topliss-reactive ketones (excluding diaryl/α,β-unsaturated/α-hetero) is 1. The Hall–Kier alpha value is -3.30. The molecule has 1 aliphatic carbocycles. The highest BCUT2D eigenvalue weighted by atomic mass is 32.1. The van der Waals surface area contributed by atoms with Crippen LogP contribution in [0.5, 0.6) is 0 Å². The average Bonchev–Trinajstić information content (AvgIpc) is 3.37. The van der Waals surface area contributed by atoms with Crippen molar-refractivity contribution in [3.05, 3.63) is 50.7 Å². The Kier molecular flexibility index (Phi) is 7.02. The molecule has 3 heterocycles. The lowest BCUT2D eigenvalue weighted by Gasteiger charge is -2.12. The van der Waals surface area contributed by atoms with Crippen LogP contribution in [0.25, 0.3) is 22.2 Å². The molecule has 2 N–H and O–H groups in total. The van der Waals surface area contributed by atoms with Crippen molar-refractivity contribution < 1.29 is 19.1 Å². The van der Waals surface area contributed by atoms with E-state index < -0.39 is 0 Å². The van der Waals surface area contributed by atoms with E-state index in [1.54, 1.807) is 25.4 Å². The van der Waals surface area contributed by atoms with Crippen LogP contribution >= 0.6 is 11.3 Å². The third-order valence-corrected chi connectivity index (χ3v) is 7.94. The summed E-state index contributed by atoms with van der Waals surface area (Å²) in [5.74, 6) is -0.169. The van der Waals surface area contributed by atoms with Crippen LogP contribution < -0.4 is 5.73 Å². The summed E-state index contributed by atoms with van der Waals surface area (Å²) in [7, 11) is 1.65. The quantitative estimate of drug-likeness (QED) is 0.198. The molecule has 5 rings (SSSR count). The predicted molar refractivity (Wildman–Crippen MR) is 141 cm³/mol. The van der Waals surface area contributed by atoms with E-state index in [-0.39, 0.29) is 18.2 Å². The molecule has 0 bridgehead atoms. The van der Waals surface area contributed by atoms with Gasteiger partial charge in [-0.25, -0.2) is 14.8 Å². The molecule has 0 amide bonds. The SMILES string of the molecule is CCOC(=O)c1c(CC(=O)c2c(N)n(CCCOC)c3nc4ccccc4nc23)sc2c1CCCC2. The number of ether oxygens (including phenoxy) is 2. The number of para-hydroxylation sites is 2. The first-order valence-corrected chi connectivity index (χ1v) is 13.2. The Balaban J connectivity index is 1.60. The topological polar surface area (TPSA) is 109 Å². The van der Waals surface area contributed by atoms with E-state index >= 15 is 0 Å². The van der Waals surface area contributed by atoms with Crippen LogP contribution in [0.15, 0.2) is 24.3 Å². The lowest BCUT2D eigenvalue weighted by Crippen LogP contribution is -2.14. The maximum Gasteiger partial charge on any atom is 0.339 e. The first-order chi connectivity index (χ1) is 17.5. The van der Waals surface area contributed by atoms with E-state index in [2.05, 4.69) is 0 Å². The lowest BCUT2D eigenvalue weighted by molar-refractivity contribution is 0.0524. The number of thiophene rings is 1. The van der Waals surface area contributed by atoms with Gasteiger partial charge >= 0.3 is 5.97 Å². The summed E-state index contributed by atoms with van der Waals surface area (Å²) in [6, 6.07) is 7.57. The van der Waals surface area contributed by atoms with Gasteiger partial charge in [0.2, 0.25) is 0 Å². The van der Waals surface area contributed by atoms with Gasteiger partial charge in [0.1, 0.15) is 11.3 Å². The number of methoxy groups -OCH3 is 1. The molecule has 9 heteroatoms. The second kappa shape index (κ2) is 10.4. The monoisotopic (exact) mass is 506 g/mol. The van der Waals surface area contributed by atoms with Gasteiger partial charge in [-0.2, -0.15) is 0 Å². The molecule has 4 aromatic rings. The smallest absolute Gasteiger partial charge is 0.339 e. The molecular formula is C27H30N4O4S. The molecule has 3 aromatic heterocycles. The number of aryl methyl sites for hydroxylation is 2. The fourth-order valence-electron chi connectivity index (χ4n) is 5.01. The molecule has 0 saturated carbocycles. The minimum Gasteiger partial charge on any atom is -0.462 e. The Morgan fingerprint density at radius 1 is 1.11 bits per heavy atom. The number of hydrogen-bond donors (Lipinski definition) is 1. The summed E-state index contributed by atoms with van der Waals surface area (Å²) in [5.41, 5.74) is 11.1. The lowest BCUT2D eigenvalue weighted by atomic mass is 9.94. The van der Waals surface area contributed by atoms with Crippen molar-refractivity contribution >= 4 is 51.1 Å². The van der Waals surface area contributed by atoms with Gasteiger partial charge in [-0.15, -0.1) is 11.3 Å². The van der Waals surface area contributed by atoms with Gasteiger partial charge in [0, 0.05) is 36.4 Å². The van der Waals surface area contributed by atoms with Crippen molar-refractivity contribution in [2.75, 3.05) is 26.1 Å². The van der Waals surface area contributed by atoms with Crippen LogP contribution in [0, 0.1) is 0 Å². The van der Waals surface area contributed by atoms with Crippen LogP contribution in [0.3, 0.4) is 0 Å². The molecule has 1 aliphatic rings. The van der Waals surface area contributed by atoms with Gasteiger partial charge in [0.25, 0.3) is 0 Å². The number of nitrogen functional groups attached to an aromatic ring is 1. The van der Waals surface area contributed by atoms with Crippen molar-refractivity contribution in [1.82, 2.24) is 14.5 Å². The Morgan fingerprint density at radius 3 is 2.61 bits per heavy atom. The highest BCUT2D eigenvalue weighted by Gasteiger charge is 2.30. The van der Waals surface area contributed by atoms with Crippen LogP contribution in [0.1, 0.15) is 62.2 Å². The zero-order valence-corrected chi connectivity index (χ0v) is 21.5. The summed E-state index contributed by atoms with van der Waals surface area (Å²) >= 11 is 1.55. The summed E-state index contributed by atoms with van der Waals surface area (Å²) in [6.45, 7) is 3.20. The van der Waals surface area contributed by atoms with Crippen LogP contribution in [-0.2, 0) is 35.3 Å². The second-order valence-corrected chi connectivity index (χ2v) is 10.2. The average molecular weight is 507 g/mol. The van der Waals surface area contributed by atoms with E-state index in [0.717, 1.165) is 48.1 Å². The molecule has 0 spiro atoms. The number of ketones is 1. The molecule has 0 unspecified atom stereocenters. The van der Waals surface area contributed by atoms with E-state index in [1.165, 1.54) is 4.88 Å². The molecule has 8 nitrogen and oxygen atoms in total. The van der Waals surface area contributed by atoms with Gasteiger partial charge in [0.15, 0.2) is 11.4 Å². The number of nitrogens with two attached hydrogens (primary N) is 1. The highest BCUT2D eigenvalue weighted by molar-refractivity contribution is 7.12. The molecule has 0 radical (unpaired) electrons. The first-order valence-electron chi connectivity index (χ1n) is 12.4. The third-order valence-electron chi connectivity index (χ3n) is 6.65. The fraction of sp³-hybridized carbons (Fsp3) is 0.407. The Bertz CT molecular complexity index is 1460. The third kappa shape index (κ3) is 4.37. The minimum atomic E-state index is -0.347.